The molecular weight excluding hydrogens is 554 g/mol. The van der Waals surface area contributed by atoms with E-state index in [2.05, 4.69) is 5.32 Å². The van der Waals surface area contributed by atoms with Gasteiger partial charge >= 0.3 is 6.03 Å². The Morgan fingerprint density at radius 3 is 1.70 bits per heavy atom. The zero-order valence-corrected chi connectivity index (χ0v) is 24.7. The number of urea groups is 1. The number of primary sulfonamides is 1. The molecule has 0 aliphatic heterocycles. The Labute approximate surface area is 235 Å². The van der Waals surface area contributed by atoms with Gasteiger partial charge < -0.3 is 5.32 Å². The number of nitrogens with one attached hydrogen (secondary N) is 2. The second-order valence-electron chi connectivity index (χ2n) is 10.0. The molecule has 0 saturated heterocycles. The number of rotatable bonds is 6. The van der Waals surface area contributed by atoms with E-state index in [9.17, 15) is 31.2 Å². The lowest BCUT2D eigenvalue weighted by molar-refractivity contribution is 0.100. The Morgan fingerprint density at radius 2 is 1.23 bits per heavy atom. The van der Waals surface area contributed by atoms with Crippen molar-refractivity contribution >= 4 is 43.3 Å². The zero-order valence-electron chi connectivity index (χ0n) is 23.1. The maximum Gasteiger partial charge on any atom is 0.333 e. The van der Waals surface area contributed by atoms with Gasteiger partial charge in [0.05, 0.1) is 9.79 Å². The van der Waals surface area contributed by atoms with Crippen molar-refractivity contribution in [1.82, 2.24) is 4.72 Å². The van der Waals surface area contributed by atoms with Crippen LogP contribution in [0.4, 0.5) is 10.5 Å². The summed E-state index contributed by atoms with van der Waals surface area (Å²) in [6, 6.07) is 16.0. The maximum absolute atomic E-state index is 12.5. The van der Waals surface area contributed by atoms with Crippen LogP contribution >= 0.6 is 0 Å². The Morgan fingerprint density at radius 1 is 0.750 bits per heavy atom. The third-order valence-electron chi connectivity index (χ3n) is 5.67. The van der Waals surface area contributed by atoms with Crippen LogP contribution in [0.15, 0.2) is 76.5 Å². The smallest absolute Gasteiger partial charge is 0.307 e. The van der Waals surface area contributed by atoms with E-state index in [1.165, 1.54) is 62.4 Å². The number of amides is 2. The van der Waals surface area contributed by atoms with Crippen LogP contribution in [0.1, 0.15) is 66.5 Å². The third-order valence-corrected chi connectivity index (χ3v) is 7.91. The standard InChI is InChI=1S/C20H24N2O4S.C8H9NO3S/c1-13-8-6-11-17(20(3,4)5)18(13)21-19(24)22-27(25,26)16-10-7-9-15(12-16)14(2)23;1-6(10)7-3-2-4-8(5-7)13(9,11)12/h6-12H,1-5H3,(H2,21,22,24);2-5H,1H3,(H2,9,11,12). The summed E-state index contributed by atoms with van der Waals surface area (Å²) >= 11 is 0. The van der Waals surface area contributed by atoms with Gasteiger partial charge in [-0.3, -0.25) is 9.59 Å². The third kappa shape index (κ3) is 8.83. The van der Waals surface area contributed by atoms with Gasteiger partial charge in [-0.2, -0.15) is 0 Å². The molecule has 0 aliphatic rings. The highest BCUT2D eigenvalue weighted by Gasteiger charge is 2.23. The number of Topliss-reactive ketones (excluding diaryl/α,β-unsaturated/α-hetero) is 2. The summed E-state index contributed by atoms with van der Waals surface area (Å²) in [5.41, 5.74) is 2.67. The molecule has 0 atom stereocenters. The molecule has 214 valence electrons. The molecule has 10 nitrogen and oxygen atoms in total. The van der Waals surface area contributed by atoms with E-state index < -0.39 is 26.1 Å². The number of hydrogen-bond acceptors (Lipinski definition) is 7. The fourth-order valence-corrected chi connectivity index (χ4v) is 5.07. The van der Waals surface area contributed by atoms with Gasteiger partial charge in [-0.15, -0.1) is 0 Å². The number of anilines is 1. The number of carbonyl (C=O) groups excluding carboxylic acids is 3. The maximum atomic E-state index is 12.5. The summed E-state index contributed by atoms with van der Waals surface area (Å²) in [4.78, 5) is 34.5. The largest absolute Gasteiger partial charge is 0.333 e. The van der Waals surface area contributed by atoms with Gasteiger partial charge in [0.2, 0.25) is 10.0 Å². The van der Waals surface area contributed by atoms with E-state index in [1.807, 2.05) is 50.6 Å². The van der Waals surface area contributed by atoms with Crippen molar-refractivity contribution in [3.05, 3.63) is 89.0 Å². The van der Waals surface area contributed by atoms with E-state index in [4.69, 9.17) is 5.14 Å². The average Bonchev–Trinajstić information content (AvgIpc) is 2.84. The second kappa shape index (κ2) is 12.5. The minimum Gasteiger partial charge on any atom is -0.307 e. The van der Waals surface area contributed by atoms with Crippen LogP contribution in [0.5, 0.6) is 0 Å². The highest BCUT2D eigenvalue weighted by Crippen LogP contribution is 2.31. The molecule has 40 heavy (non-hydrogen) atoms. The quantitative estimate of drug-likeness (QED) is 0.355. The van der Waals surface area contributed by atoms with Crippen molar-refractivity contribution < 1.29 is 31.2 Å². The van der Waals surface area contributed by atoms with Crippen molar-refractivity contribution in [3.8, 4) is 0 Å². The van der Waals surface area contributed by atoms with Gasteiger partial charge in [-0.1, -0.05) is 63.2 Å². The van der Waals surface area contributed by atoms with Crippen molar-refractivity contribution in [2.45, 2.75) is 56.7 Å². The average molecular weight is 588 g/mol. The molecule has 0 heterocycles. The molecule has 3 rings (SSSR count). The summed E-state index contributed by atoms with van der Waals surface area (Å²) in [6.45, 7) is 10.6. The molecule has 0 fully saturated rings. The summed E-state index contributed by atoms with van der Waals surface area (Å²) in [6.07, 6.45) is 0. The van der Waals surface area contributed by atoms with Gasteiger partial charge in [-0.25, -0.2) is 31.5 Å². The second-order valence-corrected chi connectivity index (χ2v) is 13.3. The number of carbonyl (C=O) groups is 3. The molecule has 0 saturated carbocycles. The molecule has 0 spiro atoms. The van der Waals surface area contributed by atoms with E-state index in [0.29, 0.717) is 11.3 Å². The van der Waals surface area contributed by atoms with Crippen LogP contribution in [-0.4, -0.2) is 34.4 Å². The van der Waals surface area contributed by atoms with E-state index in [1.54, 1.807) is 0 Å². The number of para-hydroxylation sites is 1. The lowest BCUT2D eigenvalue weighted by Gasteiger charge is -2.24. The fourth-order valence-electron chi connectivity index (χ4n) is 3.55. The monoisotopic (exact) mass is 587 g/mol. The first-order valence-corrected chi connectivity index (χ1v) is 15.0. The fraction of sp³-hybridized carbons (Fsp3) is 0.250. The van der Waals surface area contributed by atoms with Gasteiger partial charge in [0, 0.05) is 16.8 Å². The van der Waals surface area contributed by atoms with Gasteiger partial charge in [-0.05, 0) is 61.6 Å². The summed E-state index contributed by atoms with van der Waals surface area (Å²) < 4.78 is 48.7. The summed E-state index contributed by atoms with van der Waals surface area (Å²) in [5, 5.41) is 7.54. The zero-order chi connectivity index (χ0) is 30.5. The first-order valence-electron chi connectivity index (χ1n) is 12.0. The lowest BCUT2D eigenvalue weighted by atomic mass is 9.84. The molecule has 3 aromatic rings. The number of hydrogen-bond donors (Lipinski definition) is 3. The van der Waals surface area contributed by atoms with Gasteiger partial charge in [0.15, 0.2) is 11.6 Å². The topological polar surface area (TPSA) is 170 Å². The summed E-state index contributed by atoms with van der Waals surface area (Å²) in [5.74, 6) is -0.447. The number of ketones is 2. The van der Waals surface area contributed by atoms with Gasteiger partial charge in [0.1, 0.15) is 0 Å². The first-order chi connectivity index (χ1) is 18.3. The highest BCUT2D eigenvalue weighted by atomic mass is 32.2. The first kappa shape index (κ1) is 32.3. The van der Waals surface area contributed by atoms with Crippen LogP contribution < -0.4 is 15.2 Å². The molecule has 0 aliphatic carbocycles. The van der Waals surface area contributed by atoms with Crippen molar-refractivity contribution in [3.63, 3.8) is 0 Å². The predicted octanol–water partition coefficient (Wildman–Crippen LogP) is 4.54. The van der Waals surface area contributed by atoms with E-state index in [-0.39, 0.29) is 32.3 Å². The van der Waals surface area contributed by atoms with Crippen molar-refractivity contribution in [2.24, 2.45) is 5.14 Å². The normalized spacial score (nSPS) is 11.6. The Bertz CT molecular complexity index is 1660. The van der Waals surface area contributed by atoms with E-state index >= 15 is 0 Å². The van der Waals surface area contributed by atoms with Crippen LogP contribution in [0.3, 0.4) is 0 Å². The number of benzene rings is 3. The van der Waals surface area contributed by atoms with E-state index in [0.717, 1.165) is 11.1 Å². The van der Waals surface area contributed by atoms with Gasteiger partial charge in [0.25, 0.3) is 10.0 Å². The molecule has 4 N–H and O–H groups in total. The van der Waals surface area contributed by atoms with Crippen molar-refractivity contribution in [2.75, 3.05) is 5.32 Å². The number of nitrogens with two attached hydrogens (primary N) is 1. The van der Waals surface area contributed by atoms with Crippen LogP contribution in [0.2, 0.25) is 0 Å². The van der Waals surface area contributed by atoms with Crippen LogP contribution in [0, 0.1) is 6.92 Å². The molecule has 0 unspecified atom stereocenters. The molecule has 0 radical (unpaired) electrons. The SMILES string of the molecule is CC(=O)c1cccc(S(=O)(=O)NC(=O)Nc2c(C)cccc2C(C)(C)C)c1.CC(=O)c1cccc(S(N)(=O)=O)c1. The molecule has 2 amide bonds. The Balaban J connectivity index is 0.000000360. The Kier molecular flexibility index (Phi) is 10.1. The number of aryl methyl sites for hydroxylation is 1. The molecule has 0 aromatic heterocycles. The van der Waals surface area contributed by atoms with Crippen LogP contribution in [0.25, 0.3) is 0 Å². The molecule has 0 bridgehead atoms. The van der Waals surface area contributed by atoms with Crippen LogP contribution in [-0.2, 0) is 25.5 Å². The molecular formula is C28H33N3O7S2. The lowest BCUT2D eigenvalue weighted by Crippen LogP contribution is -2.35. The molecule has 12 heteroatoms. The number of sulfonamides is 2. The predicted molar refractivity (Wildman–Crippen MR) is 153 cm³/mol. The molecule has 3 aromatic carbocycles. The highest BCUT2D eigenvalue weighted by molar-refractivity contribution is 7.90. The summed E-state index contributed by atoms with van der Waals surface area (Å²) in [7, 11) is -7.82. The Hall–Kier alpha value is -3.87. The minimum absolute atomic E-state index is 0.0415. The van der Waals surface area contributed by atoms with Crippen molar-refractivity contribution in [1.29, 1.82) is 0 Å². The minimum atomic E-state index is -4.11.